The largest absolute Gasteiger partial charge is 0.330 e. The third-order valence-corrected chi connectivity index (χ3v) is 4.07. The van der Waals surface area contributed by atoms with Crippen molar-refractivity contribution in [2.45, 2.75) is 52.4 Å². The lowest BCUT2D eigenvalue weighted by molar-refractivity contribution is 0.376. The molecule has 2 unspecified atom stereocenters. The molecule has 19 heavy (non-hydrogen) atoms. The summed E-state index contributed by atoms with van der Waals surface area (Å²) in [6, 6.07) is 8.92. The highest BCUT2D eigenvalue weighted by molar-refractivity contribution is 5.61. The van der Waals surface area contributed by atoms with E-state index in [4.69, 9.17) is 5.73 Å². The Balaban J connectivity index is 2.77. The molecule has 0 spiro atoms. The van der Waals surface area contributed by atoms with Gasteiger partial charge in [-0.05, 0) is 49.3 Å². The second-order valence-electron chi connectivity index (χ2n) is 5.67. The van der Waals surface area contributed by atoms with Crippen LogP contribution in [-0.2, 0) is 0 Å². The van der Waals surface area contributed by atoms with E-state index in [-0.39, 0.29) is 0 Å². The highest BCUT2D eigenvalue weighted by Gasteiger charge is 2.17. The zero-order valence-corrected chi connectivity index (χ0v) is 12.8. The van der Waals surface area contributed by atoms with Gasteiger partial charge in [0.05, 0.1) is 0 Å². The summed E-state index contributed by atoms with van der Waals surface area (Å²) in [5.41, 5.74) is 9.47. The smallest absolute Gasteiger partial charge is 0.00772 e. The van der Waals surface area contributed by atoms with Gasteiger partial charge in [0.2, 0.25) is 0 Å². The Labute approximate surface area is 118 Å². The van der Waals surface area contributed by atoms with Crippen LogP contribution in [0.3, 0.4) is 0 Å². The number of rotatable bonds is 8. The van der Waals surface area contributed by atoms with Crippen molar-refractivity contribution in [1.82, 2.24) is 0 Å². The topological polar surface area (TPSA) is 26.0 Å². The minimum absolute atomic E-state index is 0.616. The van der Waals surface area contributed by atoms with Crippen molar-refractivity contribution in [2.75, 3.05) is 6.54 Å². The van der Waals surface area contributed by atoms with Crippen molar-refractivity contribution in [2.24, 2.45) is 11.7 Å². The van der Waals surface area contributed by atoms with E-state index in [9.17, 15) is 0 Å². The zero-order valence-electron chi connectivity index (χ0n) is 12.8. The fraction of sp³-hybridized carbons (Fsp3) is 0.556. The monoisotopic (exact) mass is 259 g/mol. The molecular formula is C18H29N. The van der Waals surface area contributed by atoms with Gasteiger partial charge < -0.3 is 5.73 Å². The standard InChI is InChI=1S/C18H29N/c1-5-7-17(8-6-13-19)15(4)18-11-9-16(10-12-18)14(2)3/h9-12,15,17H,2,5-8,13,19H2,1,3-4H3. The fourth-order valence-corrected chi connectivity index (χ4v) is 2.74. The second kappa shape index (κ2) is 8.16. The van der Waals surface area contributed by atoms with Crippen LogP contribution in [0.15, 0.2) is 30.8 Å². The molecule has 0 saturated heterocycles. The lowest BCUT2D eigenvalue weighted by Gasteiger charge is -2.24. The quantitative estimate of drug-likeness (QED) is 0.700. The van der Waals surface area contributed by atoms with Gasteiger partial charge in [0.1, 0.15) is 0 Å². The summed E-state index contributed by atoms with van der Waals surface area (Å²) in [4.78, 5) is 0. The van der Waals surface area contributed by atoms with Gasteiger partial charge in [0.25, 0.3) is 0 Å². The van der Waals surface area contributed by atoms with Gasteiger partial charge in [-0.2, -0.15) is 0 Å². The first kappa shape index (κ1) is 16.0. The molecule has 0 aliphatic carbocycles. The highest BCUT2D eigenvalue weighted by atomic mass is 14.5. The van der Waals surface area contributed by atoms with E-state index in [0.717, 1.165) is 24.5 Å². The van der Waals surface area contributed by atoms with Crippen molar-refractivity contribution >= 4 is 5.57 Å². The number of benzene rings is 1. The predicted molar refractivity (Wildman–Crippen MR) is 86.3 cm³/mol. The van der Waals surface area contributed by atoms with Gasteiger partial charge in [-0.25, -0.2) is 0 Å². The maximum Gasteiger partial charge on any atom is -0.00772 e. The van der Waals surface area contributed by atoms with Crippen LogP contribution in [0.5, 0.6) is 0 Å². The number of allylic oxidation sites excluding steroid dienone is 1. The van der Waals surface area contributed by atoms with Crippen LogP contribution in [0, 0.1) is 5.92 Å². The maximum atomic E-state index is 5.66. The van der Waals surface area contributed by atoms with Gasteiger partial charge in [-0.1, -0.05) is 63.1 Å². The van der Waals surface area contributed by atoms with Crippen LogP contribution in [0.1, 0.15) is 63.5 Å². The molecule has 1 heteroatoms. The van der Waals surface area contributed by atoms with Crippen LogP contribution in [-0.4, -0.2) is 6.54 Å². The summed E-state index contributed by atoms with van der Waals surface area (Å²) >= 11 is 0. The summed E-state index contributed by atoms with van der Waals surface area (Å²) in [5.74, 6) is 1.37. The molecule has 1 nitrogen and oxygen atoms in total. The Morgan fingerprint density at radius 3 is 2.32 bits per heavy atom. The normalized spacial score (nSPS) is 14.1. The molecule has 0 fully saturated rings. The van der Waals surface area contributed by atoms with E-state index in [1.54, 1.807) is 0 Å². The van der Waals surface area contributed by atoms with Gasteiger partial charge in [0.15, 0.2) is 0 Å². The molecule has 106 valence electrons. The SMILES string of the molecule is C=C(C)c1ccc(C(C)C(CCC)CCCN)cc1. The van der Waals surface area contributed by atoms with Crippen LogP contribution in [0.25, 0.3) is 5.57 Å². The Morgan fingerprint density at radius 1 is 1.21 bits per heavy atom. The van der Waals surface area contributed by atoms with Gasteiger partial charge in [0, 0.05) is 0 Å². The number of nitrogens with two attached hydrogens (primary N) is 1. The van der Waals surface area contributed by atoms with E-state index in [1.165, 1.54) is 30.4 Å². The highest BCUT2D eigenvalue weighted by Crippen LogP contribution is 2.31. The molecule has 0 aromatic heterocycles. The first-order chi connectivity index (χ1) is 9.10. The molecular weight excluding hydrogens is 230 g/mol. The van der Waals surface area contributed by atoms with E-state index >= 15 is 0 Å². The molecule has 1 aromatic carbocycles. The average Bonchev–Trinajstić information content (AvgIpc) is 2.42. The Bertz CT molecular complexity index is 377. The van der Waals surface area contributed by atoms with Crippen LogP contribution < -0.4 is 5.73 Å². The first-order valence-electron chi connectivity index (χ1n) is 7.56. The van der Waals surface area contributed by atoms with Gasteiger partial charge in [-0.15, -0.1) is 0 Å². The Kier molecular flexibility index (Phi) is 6.86. The molecule has 1 aromatic rings. The van der Waals surface area contributed by atoms with E-state index < -0.39 is 0 Å². The van der Waals surface area contributed by atoms with Crippen LogP contribution >= 0.6 is 0 Å². The van der Waals surface area contributed by atoms with Crippen molar-refractivity contribution in [3.05, 3.63) is 42.0 Å². The molecule has 0 aliphatic rings. The first-order valence-corrected chi connectivity index (χ1v) is 7.56. The molecule has 0 radical (unpaired) electrons. The van der Waals surface area contributed by atoms with Crippen LogP contribution in [0.2, 0.25) is 0 Å². The minimum atomic E-state index is 0.616. The van der Waals surface area contributed by atoms with Crippen molar-refractivity contribution < 1.29 is 0 Å². The molecule has 0 bridgehead atoms. The van der Waals surface area contributed by atoms with Crippen molar-refractivity contribution in [1.29, 1.82) is 0 Å². The van der Waals surface area contributed by atoms with E-state index in [2.05, 4.69) is 51.6 Å². The number of hydrogen-bond donors (Lipinski definition) is 1. The molecule has 0 amide bonds. The minimum Gasteiger partial charge on any atom is -0.330 e. The third kappa shape index (κ3) is 4.83. The lowest BCUT2D eigenvalue weighted by atomic mass is 9.81. The molecule has 1 rings (SSSR count). The lowest BCUT2D eigenvalue weighted by Crippen LogP contribution is -2.12. The van der Waals surface area contributed by atoms with Crippen LogP contribution in [0.4, 0.5) is 0 Å². The number of hydrogen-bond acceptors (Lipinski definition) is 1. The van der Waals surface area contributed by atoms with Gasteiger partial charge in [-0.3, -0.25) is 0 Å². The molecule has 2 atom stereocenters. The third-order valence-electron chi connectivity index (χ3n) is 4.07. The molecule has 2 N–H and O–H groups in total. The average molecular weight is 259 g/mol. The summed E-state index contributed by atoms with van der Waals surface area (Å²) < 4.78 is 0. The molecule has 0 aliphatic heterocycles. The zero-order chi connectivity index (χ0) is 14.3. The predicted octanol–water partition coefficient (Wildman–Crippen LogP) is 4.98. The molecule has 0 heterocycles. The summed E-state index contributed by atoms with van der Waals surface area (Å²) in [5, 5.41) is 0. The van der Waals surface area contributed by atoms with Crippen molar-refractivity contribution in [3.63, 3.8) is 0 Å². The maximum absolute atomic E-state index is 5.66. The van der Waals surface area contributed by atoms with E-state index in [0.29, 0.717) is 5.92 Å². The summed E-state index contributed by atoms with van der Waals surface area (Å²) in [7, 11) is 0. The van der Waals surface area contributed by atoms with Crippen molar-refractivity contribution in [3.8, 4) is 0 Å². The van der Waals surface area contributed by atoms with Gasteiger partial charge >= 0.3 is 0 Å². The molecule has 0 saturated carbocycles. The summed E-state index contributed by atoms with van der Waals surface area (Å²) in [6.07, 6.45) is 4.93. The second-order valence-corrected chi connectivity index (χ2v) is 5.67. The van der Waals surface area contributed by atoms with E-state index in [1.807, 2.05) is 0 Å². The fourth-order valence-electron chi connectivity index (χ4n) is 2.74. The Hall–Kier alpha value is -1.08. The Morgan fingerprint density at radius 2 is 1.84 bits per heavy atom. The summed E-state index contributed by atoms with van der Waals surface area (Å²) in [6.45, 7) is 11.5.